The molecule has 168 valence electrons. The van der Waals surface area contributed by atoms with Crippen molar-refractivity contribution in [3.05, 3.63) is 94.4 Å². The first kappa shape index (κ1) is 21.7. The van der Waals surface area contributed by atoms with Gasteiger partial charge in [-0.3, -0.25) is 0 Å². The Morgan fingerprint density at radius 1 is 1.03 bits per heavy atom. The van der Waals surface area contributed by atoms with Gasteiger partial charge in [0.15, 0.2) is 0 Å². The van der Waals surface area contributed by atoms with Crippen LogP contribution in [-0.2, 0) is 16.0 Å². The summed E-state index contributed by atoms with van der Waals surface area (Å²) in [4.78, 5) is 25.1. The Morgan fingerprint density at radius 3 is 2.35 bits per heavy atom. The van der Waals surface area contributed by atoms with Crippen LogP contribution in [0.2, 0.25) is 0 Å². The van der Waals surface area contributed by atoms with E-state index in [0.717, 1.165) is 37.9 Å². The molecule has 6 nitrogen and oxygen atoms in total. The van der Waals surface area contributed by atoms with Gasteiger partial charge in [0.2, 0.25) is 0 Å². The molecule has 5 rings (SSSR count). The number of amides is 1. The maximum atomic E-state index is 12.6. The minimum atomic E-state index is -1.16. The number of rotatable bonds is 6. The number of hydrogen-bond acceptors (Lipinski definition) is 5. The highest BCUT2D eigenvalue weighted by Crippen LogP contribution is 2.44. The number of benzene rings is 3. The third kappa shape index (κ3) is 4.00. The first-order valence-corrected chi connectivity index (χ1v) is 11.6. The van der Waals surface area contributed by atoms with Gasteiger partial charge < -0.3 is 15.2 Å². The van der Waals surface area contributed by atoms with E-state index in [4.69, 9.17) is 4.74 Å². The largest absolute Gasteiger partial charge is 0.480 e. The standard InChI is InChI=1S/C27H20N2O4S/c28-14-17-13-22-16(6-5-11-25(22)34-17)12-24(26(30)31)29-27(32)33-15-23-20-9-3-1-7-18(20)19-8-2-4-10-21(19)23/h1-11,13,23-24H,12,15H2,(H,29,32)(H,30,31). The SMILES string of the molecule is N#Cc1cc2c(CC(NC(=O)OCC3c4ccccc4-c4ccccc43)C(=O)O)cccc2s1. The highest BCUT2D eigenvalue weighted by Gasteiger charge is 2.30. The van der Waals surface area contributed by atoms with Gasteiger partial charge in [-0.2, -0.15) is 5.26 Å². The maximum Gasteiger partial charge on any atom is 0.407 e. The second kappa shape index (κ2) is 9.00. The number of carboxylic acid groups (broad SMARTS) is 1. The van der Waals surface area contributed by atoms with E-state index in [1.165, 1.54) is 11.3 Å². The Labute approximate surface area is 200 Å². The van der Waals surface area contributed by atoms with Gasteiger partial charge in [0, 0.05) is 17.0 Å². The molecule has 4 aromatic rings. The van der Waals surface area contributed by atoms with Gasteiger partial charge in [0.25, 0.3) is 0 Å². The normalized spacial score (nSPS) is 13.0. The Morgan fingerprint density at radius 2 is 1.71 bits per heavy atom. The van der Waals surface area contributed by atoms with Crippen molar-refractivity contribution in [1.29, 1.82) is 5.26 Å². The lowest BCUT2D eigenvalue weighted by atomic mass is 9.98. The molecule has 34 heavy (non-hydrogen) atoms. The van der Waals surface area contributed by atoms with Crippen molar-refractivity contribution in [3.63, 3.8) is 0 Å². The van der Waals surface area contributed by atoms with E-state index in [9.17, 15) is 20.0 Å². The first-order chi connectivity index (χ1) is 16.5. The van der Waals surface area contributed by atoms with Crippen LogP contribution in [0.5, 0.6) is 0 Å². The molecule has 0 bridgehead atoms. The number of ether oxygens (including phenoxy) is 1. The average molecular weight is 469 g/mol. The number of carbonyl (C=O) groups excluding carboxylic acids is 1. The minimum absolute atomic E-state index is 0.0818. The summed E-state index contributed by atoms with van der Waals surface area (Å²) < 4.78 is 6.41. The molecule has 1 heterocycles. The minimum Gasteiger partial charge on any atom is -0.480 e. The van der Waals surface area contributed by atoms with Crippen LogP contribution >= 0.6 is 11.3 Å². The topological polar surface area (TPSA) is 99.4 Å². The van der Waals surface area contributed by atoms with E-state index in [1.54, 1.807) is 6.07 Å². The van der Waals surface area contributed by atoms with Crippen molar-refractivity contribution in [3.8, 4) is 17.2 Å². The molecule has 1 aliphatic carbocycles. The second-order valence-corrected chi connectivity index (χ2v) is 9.20. The number of nitriles is 1. The number of alkyl carbamates (subject to hydrolysis) is 1. The summed E-state index contributed by atoms with van der Waals surface area (Å²) >= 11 is 1.35. The van der Waals surface area contributed by atoms with Crippen LogP contribution in [0.15, 0.2) is 72.8 Å². The molecule has 0 radical (unpaired) electrons. The van der Waals surface area contributed by atoms with Crippen LogP contribution < -0.4 is 5.32 Å². The predicted octanol–water partition coefficient (Wildman–Crippen LogP) is 5.31. The zero-order chi connectivity index (χ0) is 23.7. The fourth-order valence-electron chi connectivity index (χ4n) is 4.56. The summed E-state index contributed by atoms with van der Waals surface area (Å²) in [7, 11) is 0. The van der Waals surface area contributed by atoms with Gasteiger partial charge >= 0.3 is 12.1 Å². The zero-order valence-corrected chi connectivity index (χ0v) is 18.8. The number of nitrogens with zero attached hydrogens (tertiary/aromatic N) is 1. The van der Waals surface area contributed by atoms with Gasteiger partial charge in [-0.05, 0) is 45.3 Å². The molecule has 0 saturated carbocycles. The average Bonchev–Trinajstić information content (AvgIpc) is 3.42. The second-order valence-electron chi connectivity index (χ2n) is 8.12. The Hall–Kier alpha value is -4.15. The van der Waals surface area contributed by atoms with Crippen LogP contribution in [0, 0.1) is 11.3 Å². The van der Waals surface area contributed by atoms with Gasteiger partial charge in [0.05, 0.1) is 0 Å². The number of fused-ring (bicyclic) bond motifs is 4. The molecule has 0 spiro atoms. The third-order valence-corrected chi connectivity index (χ3v) is 7.12. The molecule has 7 heteroatoms. The number of thiophene rings is 1. The lowest BCUT2D eigenvalue weighted by molar-refractivity contribution is -0.139. The zero-order valence-electron chi connectivity index (χ0n) is 18.0. The van der Waals surface area contributed by atoms with E-state index in [0.29, 0.717) is 4.88 Å². The third-order valence-electron chi connectivity index (χ3n) is 6.12. The molecular formula is C27H20N2O4S. The summed E-state index contributed by atoms with van der Waals surface area (Å²) in [5.41, 5.74) is 5.17. The van der Waals surface area contributed by atoms with Crippen molar-refractivity contribution in [2.45, 2.75) is 18.4 Å². The summed E-state index contributed by atoms with van der Waals surface area (Å²) in [5.74, 6) is -1.26. The van der Waals surface area contributed by atoms with Crippen molar-refractivity contribution < 1.29 is 19.4 Å². The van der Waals surface area contributed by atoms with Gasteiger partial charge in [-0.15, -0.1) is 11.3 Å². The highest BCUT2D eigenvalue weighted by atomic mass is 32.1. The fourth-order valence-corrected chi connectivity index (χ4v) is 5.46. The van der Waals surface area contributed by atoms with E-state index in [2.05, 4.69) is 23.5 Å². The van der Waals surface area contributed by atoms with Crippen LogP contribution in [0.4, 0.5) is 4.79 Å². The summed E-state index contributed by atoms with van der Waals surface area (Å²) in [6.45, 7) is 0.109. The first-order valence-electron chi connectivity index (χ1n) is 10.8. The molecule has 1 unspecified atom stereocenters. The molecule has 0 fully saturated rings. The molecule has 2 N–H and O–H groups in total. The maximum absolute atomic E-state index is 12.6. The lowest BCUT2D eigenvalue weighted by Crippen LogP contribution is -2.42. The fraction of sp³-hybridized carbons (Fsp3) is 0.148. The quantitative estimate of drug-likeness (QED) is 0.400. The number of carbonyl (C=O) groups is 2. The molecule has 1 amide bonds. The molecular weight excluding hydrogens is 448 g/mol. The van der Waals surface area contributed by atoms with Crippen LogP contribution in [0.1, 0.15) is 27.5 Å². The van der Waals surface area contributed by atoms with Gasteiger partial charge in [-0.25, -0.2) is 9.59 Å². The van der Waals surface area contributed by atoms with Crippen molar-refractivity contribution >= 4 is 33.5 Å². The van der Waals surface area contributed by atoms with E-state index in [1.807, 2.05) is 54.6 Å². The lowest BCUT2D eigenvalue weighted by Gasteiger charge is -2.18. The summed E-state index contributed by atoms with van der Waals surface area (Å²) in [6, 6.07) is 24.3. The highest BCUT2D eigenvalue weighted by molar-refractivity contribution is 7.19. The predicted molar refractivity (Wildman–Crippen MR) is 130 cm³/mol. The van der Waals surface area contributed by atoms with Crippen molar-refractivity contribution in [2.24, 2.45) is 0 Å². The number of hydrogen-bond donors (Lipinski definition) is 2. The number of aliphatic carboxylic acids is 1. The summed E-state index contributed by atoms with van der Waals surface area (Å²) in [5, 5.41) is 22.2. The Kier molecular flexibility index (Phi) is 5.74. The molecule has 3 aromatic carbocycles. The number of nitrogens with one attached hydrogen (secondary N) is 1. The van der Waals surface area contributed by atoms with E-state index < -0.39 is 18.1 Å². The molecule has 1 aliphatic rings. The van der Waals surface area contributed by atoms with Crippen molar-refractivity contribution in [2.75, 3.05) is 6.61 Å². The van der Waals surface area contributed by atoms with Crippen LogP contribution in [0.25, 0.3) is 21.2 Å². The molecule has 1 aromatic heterocycles. The van der Waals surface area contributed by atoms with Gasteiger partial charge in [0.1, 0.15) is 23.6 Å². The van der Waals surface area contributed by atoms with Gasteiger partial charge in [-0.1, -0.05) is 60.7 Å². The number of carboxylic acids is 1. The van der Waals surface area contributed by atoms with E-state index >= 15 is 0 Å². The Bertz CT molecular complexity index is 1410. The monoisotopic (exact) mass is 468 g/mol. The molecule has 0 saturated heterocycles. The molecule has 0 aliphatic heterocycles. The summed E-state index contributed by atoms with van der Waals surface area (Å²) in [6.07, 6.45) is -0.692. The molecule has 1 atom stereocenters. The van der Waals surface area contributed by atoms with Crippen molar-refractivity contribution in [1.82, 2.24) is 5.32 Å². The van der Waals surface area contributed by atoms with Crippen LogP contribution in [-0.4, -0.2) is 29.8 Å². The van der Waals surface area contributed by atoms with Crippen LogP contribution in [0.3, 0.4) is 0 Å². The van der Waals surface area contributed by atoms with E-state index in [-0.39, 0.29) is 18.9 Å². The smallest absolute Gasteiger partial charge is 0.407 e. The Balaban J connectivity index is 1.30.